The minimum Gasteiger partial charge on any atom is -0.479 e. The number of halogens is 3. The molecule has 3 rings (SSSR count). The Morgan fingerprint density at radius 3 is 2.63 bits per heavy atom. The highest BCUT2D eigenvalue weighted by Gasteiger charge is 2.33. The molecule has 2 heterocycles. The standard InChI is InChI=1S/C17H20Cl3N3O4/c1-11-15(24)23(5-4-22-6-8-26-9-7-22)13-3-2-12(10-14(13)27-11)21-16(25)17(18,19)20/h2-3,10-11H,4-9H2,1H3,(H,21,25). The van der Waals surface area contributed by atoms with Gasteiger partial charge in [-0.25, -0.2) is 0 Å². The number of rotatable bonds is 4. The van der Waals surface area contributed by atoms with Crippen LogP contribution in [0.15, 0.2) is 18.2 Å². The van der Waals surface area contributed by atoms with E-state index >= 15 is 0 Å². The minimum absolute atomic E-state index is 0.103. The number of benzene rings is 1. The van der Waals surface area contributed by atoms with E-state index in [-0.39, 0.29) is 5.91 Å². The summed E-state index contributed by atoms with van der Waals surface area (Å²) >= 11 is 16.7. The zero-order valence-electron chi connectivity index (χ0n) is 14.7. The van der Waals surface area contributed by atoms with Gasteiger partial charge < -0.3 is 19.7 Å². The first-order valence-corrected chi connectivity index (χ1v) is 9.69. The van der Waals surface area contributed by atoms with E-state index in [1.165, 1.54) is 0 Å². The molecule has 1 aromatic rings. The molecule has 2 aliphatic heterocycles. The number of nitrogens with one attached hydrogen (secondary N) is 1. The molecule has 2 amide bonds. The second-order valence-electron chi connectivity index (χ2n) is 6.34. The van der Waals surface area contributed by atoms with Crippen molar-refractivity contribution in [1.29, 1.82) is 0 Å². The lowest BCUT2D eigenvalue weighted by atomic mass is 10.1. The molecule has 1 fully saturated rings. The van der Waals surface area contributed by atoms with Crippen LogP contribution < -0.4 is 15.0 Å². The second-order valence-corrected chi connectivity index (χ2v) is 8.62. The Balaban J connectivity index is 1.75. The largest absolute Gasteiger partial charge is 0.479 e. The first-order chi connectivity index (χ1) is 12.8. The maximum atomic E-state index is 12.6. The normalized spacial score (nSPS) is 20.8. The lowest BCUT2D eigenvalue weighted by Crippen LogP contribution is -2.48. The molecule has 0 radical (unpaired) electrons. The monoisotopic (exact) mass is 435 g/mol. The summed E-state index contributed by atoms with van der Waals surface area (Å²) in [4.78, 5) is 28.4. The Hall–Kier alpha value is -1.25. The topological polar surface area (TPSA) is 71.1 Å². The molecule has 27 heavy (non-hydrogen) atoms. The number of carbonyl (C=O) groups excluding carboxylic acids is 2. The van der Waals surface area contributed by atoms with E-state index in [4.69, 9.17) is 44.3 Å². The number of anilines is 2. The molecule has 148 valence electrons. The fourth-order valence-electron chi connectivity index (χ4n) is 2.99. The van der Waals surface area contributed by atoms with Crippen molar-refractivity contribution >= 4 is 58.0 Å². The predicted octanol–water partition coefficient (Wildman–Crippen LogP) is 2.44. The first-order valence-electron chi connectivity index (χ1n) is 8.56. The summed E-state index contributed by atoms with van der Waals surface area (Å²) in [6.45, 7) is 6.09. The lowest BCUT2D eigenvalue weighted by molar-refractivity contribution is -0.125. The molecule has 1 unspecified atom stereocenters. The zero-order valence-corrected chi connectivity index (χ0v) is 17.0. The van der Waals surface area contributed by atoms with E-state index in [1.807, 2.05) is 0 Å². The Kier molecular flexibility index (Phi) is 6.38. The number of hydrogen-bond donors (Lipinski definition) is 1. The number of ether oxygens (including phenoxy) is 2. The van der Waals surface area contributed by atoms with Crippen molar-refractivity contribution in [1.82, 2.24) is 4.90 Å². The van der Waals surface area contributed by atoms with Crippen molar-refractivity contribution < 1.29 is 19.1 Å². The summed E-state index contributed by atoms with van der Waals surface area (Å²) in [5.74, 6) is -0.378. The van der Waals surface area contributed by atoms with E-state index in [1.54, 1.807) is 30.0 Å². The summed E-state index contributed by atoms with van der Waals surface area (Å²) in [6.07, 6.45) is -0.624. The van der Waals surface area contributed by atoms with Crippen molar-refractivity contribution in [3.05, 3.63) is 18.2 Å². The van der Waals surface area contributed by atoms with Crippen molar-refractivity contribution in [2.45, 2.75) is 16.8 Å². The zero-order chi connectivity index (χ0) is 19.6. The van der Waals surface area contributed by atoms with E-state index in [0.29, 0.717) is 36.9 Å². The molecule has 2 aliphatic rings. The molecule has 7 nitrogen and oxygen atoms in total. The lowest BCUT2D eigenvalue weighted by Gasteiger charge is -2.35. The van der Waals surface area contributed by atoms with E-state index in [2.05, 4.69) is 10.2 Å². The quantitative estimate of drug-likeness (QED) is 0.734. The van der Waals surface area contributed by atoms with Gasteiger partial charge in [-0.2, -0.15) is 0 Å². The van der Waals surface area contributed by atoms with Crippen LogP contribution in [0.3, 0.4) is 0 Å². The number of carbonyl (C=O) groups is 2. The van der Waals surface area contributed by atoms with Gasteiger partial charge in [-0.1, -0.05) is 34.8 Å². The van der Waals surface area contributed by atoms with E-state index in [9.17, 15) is 9.59 Å². The average molecular weight is 437 g/mol. The number of nitrogens with zero attached hydrogens (tertiary/aromatic N) is 2. The maximum absolute atomic E-state index is 12.6. The van der Waals surface area contributed by atoms with Gasteiger partial charge >= 0.3 is 0 Å². The third kappa shape index (κ3) is 4.97. The molecular formula is C17H20Cl3N3O4. The van der Waals surface area contributed by atoms with Crippen LogP contribution in [0.2, 0.25) is 0 Å². The van der Waals surface area contributed by atoms with Crippen LogP contribution in [0.5, 0.6) is 5.75 Å². The summed E-state index contributed by atoms with van der Waals surface area (Å²) < 4.78 is 8.98. The van der Waals surface area contributed by atoms with Crippen LogP contribution in [0.1, 0.15) is 6.92 Å². The van der Waals surface area contributed by atoms with Crippen molar-refractivity contribution in [3.8, 4) is 5.75 Å². The highest BCUT2D eigenvalue weighted by molar-refractivity contribution is 6.76. The van der Waals surface area contributed by atoms with Crippen LogP contribution >= 0.6 is 34.8 Å². The Morgan fingerprint density at radius 2 is 1.96 bits per heavy atom. The predicted molar refractivity (Wildman–Crippen MR) is 105 cm³/mol. The molecule has 10 heteroatoms. The Labute approximate surface area is 172 Å². The molecule has 0 aliphatic carbocycles. The Bertz CT molecular complexity index is 720. The number of fused-ring (bicyclic) bond motifs is 1. The third-order valence-electron chi connectivity index (χ3n) is 4.43. The molecule has 0 spiro atoms. The fraction of sp³-hybridized carbons (Fsp3) is 0.529. The van der Waals surface area contributed by atoms with Gasteiger partial charge in [0.05, 0.1) is 18.9 Å². The third-order valence-corrected chi connectivity index (χ3v) is 4.94. The Morgan fingerprint density at radius 1 is 1.26 bits per heavy atom. The van der Waals surface area contributed by atoms with Gasteiger partial charge in [-0.05, 0) is 19.1 Å². The maximum Gasteiger partial charge on any atom is 0.276 e. The molecule has 0 aromatic heterocycles. The molecule has 1 aromatic carbocycles. The first kappa shape index (κ1) is 20.5. The molecule has 0 bridgehead atoms. The van der Waals surface area contributed by atoms with E-state index < -0.39 is 15.8 Å². The summed E-state index contributed by atoms with van der Waals surface area (Å²) in [5.41, 5.74) is 1.07. The average Bonchev–Trinajstić information content (AvgIpc) is 2.62. The SMILES string of the molecule is CC1Oc2cc(NC(=O)C(Cl)(Cl)Cl)ccc2N(CCN2CCOCC2)C1=O. The van der Waals surface area contributed by atoms with Gasteiger partial charge in [0.25, 0.3) is 15.6 Å². The van der Waals surface area contributed by atoms with Crippen LogP contribution in [-0.2, 0) is 14.3 Å². The highest BCUT2D eigenvalue weighted by Crippen LogP contribution is 2.37. The highest BCUT2D eigenvalue weighted by atomic mass is 35.6. The van der Waals surface area contributed by atoms with Crippen molar-refractivity contribution in [2.24, 2.45) is 0 Å². The minimum atomic E-state index is -2.07. The number of morpholine rings is 1. The molecule has 1 saturated heterocycles. The van der Waals surface area contributed by atoms with Crippen molar-refractivity contribution in [2.75, 3.05) is 49.6 Å². The molecule has 1 atom stereocenters. The van der Waals surface area contributed by atoms with Gasteiger partial charge in [0, 0.05) is 37.9 Å². The van der Waals surface area contributed by atoms with Gasteiger partial charge in [-0.15, -0.1) is 0 Å². The van der Waals surface area contributed by atoms with E-state index in [0.717, 1.165) is 19.6 Å². The fourth-order valence-corrected chi connectivity index (χ4v) is 3.13. The summed E-state index contributed by atoms with van der Waals surface area (Å²) in [5, 5.41) is 2.52. The van der Waals surface area contributed by atoms with Crippen LogP contribution in [0.25, 0.3) is 0 Å². The summed E-state index contributed by atoms with van der Waals surface area (Å²) in [6, 6.07) is 4.97. The van der Waals surface area contributed by atoms with Gasteiger partial charge in [-0.3, -0.25) is 14.5 Å². The number of amides is 2. The van der Waals surface area contributed by atoms with Crippen molar-refractivity contribution in [3.63, 3.8) is 0 Å². The number of alkyl halides is 3. The van der Waals surface area contributed by atoms with Gasteiger partial charge in [0.1, 0.15) is 5.75 Å². The molecule has 1 N–H and O–H groups in total. The van der Waals surface area contributed by atoms with Gasteiger partial charge in [0.15, 0.2) is 6.10 Å². The summed E-state index contributed by atoms with van der Waals surface area (Å²) in [7, 11) is 0. The van der Waals surface area contributed by atoms with Crippen LogP contribution in [0.4, 0.5) is 11.4 Å². The smallest absolute Gasteiger partial charge is 0.276 e. The van der Waals surface area contributed by atoms with Crippen LogP contribution in [0, 0.1) is 0 Å². The second kappa shape index (κ2) is 8.41. The molecular weight excluding hydrogens is 417 g/mol. The molecule has 0 saturated carbocycles. The van der Waals surface area contributed by atoms with Gasteiger partial charge in [0.2, 0.25) is 0 Å². The number of hydrogen-bond acceptors (Lipinski definition) is 5. The van der Waals surface area contributed by atoms with Crippen LogP contribution in [-0.4, -0.2) is 66.0 Å².